The summed E-state index contributed by atoms with van der Waals surface area (Å²) >= 11 is 0. The summed E-state index contributed by atoms with van der Waals surface area (Å²) in [6, 6.07) is 9.96. The molecule has 23 heavy (non-hydrogen) atoms. The Kier molecular flexibility index (Phi) is 6.42. The maximum absolute atomic E-state index is 12.4. The predicted molar refractivity (Wildman–Crippen MR) is 90.5 cm³/mol. The van der Waals surface area contributed by atoms with Crippen LogP contribution in [-0.2, 0) is 4.74 Å². The van der Waals surface area contributed by atoms with Crippen molar-refractivity contribution in [3.63, 3.8) is 0 Å². The standard InChI is InChI=1S/C18H28N2O3/c1-13(21)9-17(16-7-5-4-6-8-16)10-19-18(22)20-11-14(2)23-15(3)12-20/h4-8,13-15,17,21H,9-12H2,1-3H3,(H,19,22). The van der Waals surface area contributed by atoms with Crippen molar-refractivity contribution in [1.82, 2.24) is 10.2 Å². The number of amides is 2. The monoisotopic (exact) mass is 320 g/mol. The number of aliphatic hydroxyl groups is 1. The summed E-state index contributed by atoms with van der Waals surface area (Å²) in [7, 11) is 0. The molecule has 5 heteroatoms. The van der Waals surface area contributed by atoms with Crippen molar-refractivity contribution < 1.29 is 14.6 Å². The van der Waals surface area contributed by atoms with Crippen LogP contribution in [0.2, 0.25) is 0 Å². The van der Waals surface area contributed by atoms with Gasteiger partial charge in [-0.2, -0.15) is 0 Å². The van der Waals surface area contributed by atoms with Crippen LogP contribution in [0.3, 0.4) is 0 Å². The highest BCUT2D eigenvalue weighted by Crippen LogP contribution is 2.20. The van der Waals surface area contributed by atoms with Gasteiger partial charge in [-0.1, -0.05) is 30.3 Å². The molecule has 0 spiro atoms. The molecular formula is C18H28N2O3. The highest BCUT2D eigenvalue weighted by atomic mass is 16.5. The largest absolute Gasteiger partial charge is 0.393 e. The Morgan fingerprint density at radius 3 is 2.48 bits per heavy atom. The van der Waals surface area contributed by atoms with Gasteiger partial charge in [0.1, 0.15) is 0 Å². The highest BCUT2D eigenvalue weighted by molar-refractivity contribution is 5.74. The Labute approximate surface area is 138 Å². The molecule has 5 nitrogen and oxygen atoms in total. The number of carbonyl (C=O) groups excluding carboxylic acids is 1. The number of ether oxygens (including phenoxy) is 1. The van der Waals surface area contributed by atoms with Crippen molar-refractivity contribution in [3.8, 4) is 0 Å². The van der Waals surface area contributed by atoms with Gasteiger partial charge in [-0.3, -0.25) is 0 Å². The van der Waals surface area contributed by atoms with E-state index in [-0.39, 0.29) is 24.2 Å². The summed E-state index contributed by atoms with van der Waals surface area (Å²) in [4.78, 5) is 14.2. The molecule has 0 saturated carbocycles. The topological polar surface area (TPSA) is 61.8 Å². The number of hydrogen-bond donors (Lipinski definition) is 2. The van der Waals surface area contributed by atoms with Crippen LogP contribution >= 0.6 is 0 Å². The van der Waals surface area contributed by atoms with Crippen LogP contribution < -0.4 is 5.32 Å². The van der Waals surface area contributed by atoms with E-state index in [4.69, 9.17) is 4.74 Å². The van der Waals surface area contributed by atoms with Crippen LogP contribution in [0.1, 0.15) is 38.7 Å². The summed E-state index contributed by atoms with van der Waals surface area (Å²) in [5.74, 6) is 0.107. The van der Waals surface area contributed by atoms with Crippen LogP contribution in [0.5, 0.6) is 0 Å². The minimum Gasteiger partial charge on any atom is -0.393 e. The number of aliphatic hydroxyl groups excluding tert-OH is 1. The van der Waals surface area contributed by atoms with E-state index in [1.807, 2.05) is 49.1 Å². The van der Waals surface area contributed by atoms with Gasteiger partial charge in [0.2, 0.25) is 0 Å². The van der Waals surface area contributed by atoms with Gasteiger partial charge in [-0.15, -0.1) is 0 Å². The summed E-state index contributed by atoms with van der Waals surface area (Å²) in [5.41, 5.74) is 1.14. The Balaban J connectivity index is 1.94. The molecule has 0 bridgehead atoms. The Bertz CT molecular complexity index is 482. The molecule has 0 aliphatic carbocycles. The first-order chi connectivity index (χ1) is 11.0. The van der Waals surface area contributed by atoms with Crippen molar-refractivity contribution in [2.24, 2.45) is 0 Å². The summed E-state index contributed by atoms with van der Waals surface area (Å²) in [5, 5.41) is 12.7. The minimum absolute atomic E-state index is 0.0569. The zero-order chi connectivity index (χ0) is 16.8. The molecule has 1 aromatic rings. The zero-order valence-electron chi connectivity index (χ0n) is 14.2. The van der Waals surface area contributed by atoms with E-state index in [1.54, 1.807) is 6.92 Å². The first-order valence-corrected chi connectivity index (χ1v) is 8.37. The Morgan fingerprint density at radius 1 is 1.30 bits per heavy atom. The van der Waals surface area contributed by atoms with Crippen LogP contribution in [0.25, 0.3) is 0 Å². The lowest BCUT2D eigenvalue weighted by atomic mass is 9.93. The number of benzene rings is 1. The number of morpholine rings is 1. The SMILES string of the molecule is CC(O)CC(CNC(=O)N1CC(C)OC(C)C1)c1ccccc1. The van der Waals surface area contributed by atoms with Gasteiger partial charge in [0.05, 0.1) is 18.3 Å². The maximum Gasteiger partial charge on any atom is 0.317 e. The lowest BCUT2D eigenvalue weighted by molar-refractivity contribution is -0.0545. The molecule has 1 heterocycles. The van der Waals surface area contributed by atoms with Gasteiger partial charge >= 0.3 is 6.03 Å². The average Bonchev–Trinajstić information content (AvgIpc) is 2.50. The first kappa shape index (κ1) is 17.8. The molecule has 1 aliphatic heterocycles. The minimum atomic E-state index is -0.402. The van der Waals surface area contributed by atoms with Gasteiger partial charge < -0.3 is 20.1 Å². The van der Waals surface area contributed by atoms with Gasteiger partial charge in [0.15, 0.2) is 0 Å². The summed E-state index contributed by atoms with van der Waals surface area (Å²) in [6.07, 6.45) is 0.347. The molecule has 0 aromatic heterocycles. The van der Waals surface area contributed by atoms with E-state index in [2.05, 4.69) is 5.32 Å². The number of rotatable bonds is 5. The average molecular weight is 320 g/mol. The fourth-order valence-corrected chi connectivity index (χ4v) is 3.14. The second kappa shape index (κ2) is 8.31. The van der Waals surface area contributed by atoms with E-state index in [1.165, 1.54) is 0 Å². The smallest absolute Gasteiger partial charge is 0.317 e. The van der Waals surface area contributed by atoms with Crippen LogP contribution in [-0.4, -0.2) is 54.0 Å². The normalized spacial score (nSPS) is 24.1. The lowest BCUT2D eigenvalue weighted by Gasteiger charge is -2.35. The van der Waals surface area contributed by atoms with Gasteiger partial charge in [0, 0.05) is 25.6 Å². The number of carbonyl (C=O) groups is 1. The highest BCUT2D eigenvalue weighted by Gasteiger charge is 2.26. The predicted octanol–water partition coefficient (Wildman–Crippen LogP) is 2.36. The lowest BCUT2D eigenvalue weighted by Crippen LogP contribution is -2.52. The van der Waals surface area contributed by atoms with Gasteiger partial charge in [-0.05, 0) is 32.8 Å². The summed E-state index contributed by atoms with van der Waals surface area (Å²) < 4.78 is 5.66. The fourth-order valence-electron chi connectivity index (χ4n) is 3.14. The second-order valence-corrected chi connectivity index (χ2v) is 6.54. The van der Waals surface area contributed by atoms with Gasteiger partial charge in [-0.25, -0.2) is 4.79 Å². The summed E-state index contributed by atoms with van der Waals surface area (Å²) in [6.45, 7) is 7.49. The van der Waals surface area contributed by atoms with E-state index in [0.29, 0.717) is 26.1 Å². The van der Waals surface area contributed by atoms with Crippen molar-refractivity contribution in [1.29, 1.82) is 0 Å². The van der Waals surface area contributed by atoms with Crippen molar-refractivity contribution in [2.45, 2.75) is 51.4 Å². The number of urea groups is 1. The molecule has 1 saturated heterocycles. The third-order valence-corrected chi connectivity index (χ3v) is 4.10. The van der Waals surface area contributed by atoms with E-state index in [9.17, 15) is 9.90 Å². The molecule has 128 valence electrons. The number of nitrogens with zero attached hydrogens (tertiary/aromatic N) is 1. The molecule has 4 atom stereocenters. The molecule has 4 unspecified atom stereocenters. The molecular weight excluding hydrogens is 292 g/mol. The molecule has 0 radical (unpaired) electrons. The van der Waals surface area contributed by atoms with Crippen molar-refractivity contribution in [3.05, 3.63) is 35.9 Å². The Hall–Kier alpha value is -1.59. The Morgan fingerprint density at radius 2 is 1.91 bits per heavy atom. The third kappa shape index (κ3) is 5.52. The van der Waals surface area contributed by atoms with Gasteiger partial charge in [0.25, 0.3) is 0 Å². The quantitative estimate of drug-likeness (QED) is 0.875. The zero-order valence-corrected chi connectivity index (χ0v) is 14.2. The van der Waals surface area contributed by atoms with Crippen molar-refractivity contribution >= 4 is 6.03 Å². The van der Waals surface area contributed by atoms with E-state index >= 15 is 0 Å². The van der Waals surface area contributed by atoms with Crippen LogP contribution in [0.4, 0.5) is 4.79 Å². The van der Waals surface area contributed by atoms with E-state index < -0.39 is 6.10 Å². The van der Waals surface area contributed by atoms with Crippen LogP contribution in [0.15, 0.2) is 30.3 Å². The second-order valence-electron chi connectivity index (χ2n) is 6.54. The molecule has 2 rings (SSSR count). The third-order valence-electron chi connectivity index (χ3n) is 4.10. The van der Waals surface area contributed by atoms with E-state index in [0.717, 1.165) is 5.56 Å². The fraction of sp³-hybridized carbons (Fsp3) is 0.611. The number of hydrogen-bond acceptors (Lipinski definition) is 3. The molecule has 1 aromatic carbocycles. The molecule has 2 N–H and O–H groups in total. The van der Waals surface area contributed by atoms with Crippen LogP contribution in [0, 0.1) is 0 Å². The maximum atomic E-state index is 12.4. The number of nitrogens with one attached hydrogen (secondary N) is 1. The molecule has 2 amide bonds. The molecule has 1 aliphatic rings. The molecule has 1 fully saturated rings. The van der Waals surface area contributed by atoms with Crippen molar-refractivity contribution in [2.75, 3.05) is 19.6 Å². The first-order valence-electron chi connectivity index (χ1n) is 8.37.